The maximum atomic E-state index is 13.1. The molecule has 3 aromatic rings. The van der Waals surface area contributed by atoms with Crippen molar-refractivity contribution in [2.24, 2.45) is 0 Å². The molecule has 0 saturated carbocycles. The van der Waals surface area contributed by atoms with Crippen LogP contribution in [0.1, 0.15) is 11.1 Å². The number of ether oxygens (including phenoxy) is 2. The largest absolute Gasteiger partial charge is 0.490 e. The Labute approximate surface area is 204 Å². The quantitative estimate of drug-likeness (QED) is 0.208. The first-order valence-corrected chi connectivity index (χ1v) is 11.4. The van der Waals surface area contributed by atoms with Gasteiger partial charge >= 0.3 is 6.18 Å². The van der Waals surface area contributed by atoms with Crippen LogP contribution in [0.5, 0.6) is 11.5 Å². The molecule has 1 aliphatic rings. The normalized spacial score (nSPS) is 15.1. The number of thiocarbonyl (C=S) groups is 1. The number of rotatable bonds is 7. The molecule has 1 fully saturated rings. The van der Waals surface area contributed by atoms with E-state index in [2.05, 4.69) is 0 Å². The fraction of sp³-hybridized carbons (Fsp3) is 0.120. The average molecular weight is 502 g/mol. The minimum Gasteiger partial charge on any atom is -0.490 e. The average Bonchev–Trinajstić information content (AvgIpc) is 3.10. The van der Waals surface area contributed by atoms with Crippen LogP contribution < -0.4 is 14.4 Å². The molecule has 9 heteroatoms. The van der Waals surface area contributed by atoms with E-state index in [4.69, 9.17) is 21.7 Å². The summed E-state index contributed by atoms with van der Waals surface area (Å²) in [7, 11) is 0. The molecule has 1 amide bonds. The van der Waals surface area contributed by atoms with E-state index >= 15 is 0 Å². The third-order valence-electron chi connectivity index (χ3n) is 4.77. The highest BCUT2D eigenvalue weighted by atomic mass is 32.2. The Bertz CT molecular complexity index is 1210. The van der Waals surface area contributed by atoms with E-state index in [9.17, 15) is 18.0 Å². The van der Waals surface area contributed by atoms with Crippen LogP contribution in [0, 0.1) is 0 Å². The number of anilines is 1. The summed E-state index contributed by atoms with van der Waals surface area (Å²) in [5.74, 6) is 0.946. The van der Waals surface area contributed by atoms with Gasteiger partial charge in [-0.05, 0) is 54.1 Å². The number of amides is 1. The summed E-state index contributed by atoms with van der Waals surface area (Å²) in [6, 6.07) is 21.1. The zero-order valence-electron chi connectivity index (χ0n) is 17.6. The first-order valence-electron chi connectivity index (χ1n) is 10.2. The van der Waals surface area contributed by atoms with Gasteiger partial charge in [0.2, 0.25) is 0 Å². The van der Waals surface area contributed by atoms with Crippen LogP contribution in [0.3, 0.4) is 0 Å². The summed E-state index contributed by atoms with van der Waals surface area (Å²) in [6.07, 6.45) is -2.86. The van der Waals surface area contributed by atoms with Crippen LogP contribution in [0.15, 0.2) is 83.8 Å². The number of hydrogen-bond acceptors (Lipinski definition) is 5. The molecule has 4 nitrogen and oxygen atoms in total. The topological polar surface area (TPSA) is 38.8 Å². The number of benzene rings is 3. The van der Waals surface area contributed by atoms with Crippen molar-refractivity contribution in [1.82, 2.24) is 0 Å². The molecule has 0 bridgehead atoms. The summed E-state index contributed by atoms with van der Waals surface area (Å²) in [4.78, 5) is 14.3. The molecule has 4 rings (SSSR count). The van der Waals surface area contributed by atoms with E-state index in [1.807, 2.05) is 30.3 Å². The van der Waals surface area contributed by atoms with Crippen LogP contribution in [-0.2, 0) is 11.0 Å². The Morgan fingerprint density at radius 3 is 2.18 bits per heavy atom. The second-order valence-corrected chi connectivity index (χ2v) is 8.82. The van der Waals surface area contributed by atoms with E-state index in [0.717, 1.165) is 40.1 Å². The minimum atomic E-state index is -4.51. The molecule has 0 unspecified atom stereocenters. The number of carbonyl (C=O) groups is 1. The highest BCUT2D eigenvalue weighted by Crippen LogP contribution is 2.38. The van der Waals surface area contributed by atoms with E-state index in [1.54, 1.807) is 30.3 Å². The highest BCUT2D eigenvalue weighted by molar-refractivity contribution is 8.27. The summed E-state index contributed by atoms with van der Waals surface area (Å²) in [5.41, 5.74) is -0.0209. The Balaban J connectivity index is 1.38. The molecule has 174 valence electrons. The summed E-state index contributed by atoms with van der Waals surface area (Å²) in [5, 5.41) is 0. The van der Waals surface area contributed by atoms with Crippen molar-refractivity contribution >= 4 is 46.0 Å². The predicted molar refractivity (Wildman–Crippen MR) is 131 cm³/mol. The Morgan fingerprint density at radius 2 is 1.53 bits per heavy atom. The predicted octanol–water partition coefficient (Wildman–Crippen LogP) is 6.57. The molecule has 0 spiro atoms. The second-order valence-electron chi connectivity index (χ2n) is 7.14. The van der Waals surface area contributed by atoms with E-state index in [1.165, 1.54) is 12.1 Å². The van der Waals surface area contributed by atoms with Crippen LogP contribution in [0.2, 0.25) is 0 Å². The molecule has 0 atom stereocenters. The summed E-state index contributed by atoms with van der Waals surface area (Å²) >= 11 is 6.30. The van der Waals surface area contributed by atoms with Crippen LogP contribution >= 0.6 is 24.0 Å². The van der Waals surface area contributed by atoms with Gasteiger partial charge in [0.15, 0.2) is 4.32 Å². The lowest BCUT2D eigenvalue weighted by molar-refractivity contribution is -0.137. The molecule has 1 heterocycles. The van der Waals surface area contributed by atoms with Gasteiger partial charge in [-0.3, -0.25) is 9.69 Å². The SMILES string of the molecule is O=C1/C(=C/c2ccc(OCCOc3ccccc3)cc2)SC(=S)N1c1cccc(C(F)(F)F)c1. The summed E-state index contributed by atoms with van der Waals surface area (Å²) in [6.45, 7) is 0.758. The van der Waals surface area contributed by atoms with Crippen LogP contribution in [0.4, 0.5) is 18.9 Å². The van der Waals surface area contributed by atoms with Gasteiger partial charge in [0.25, 0.3) is 5.91 Å². The number of thioether (sulfide) groups is 1. The minimum absolute atomic E-state index is 0.0854. The van der Waals surface area contributed by atoms with Gasteiger partial charge in [-0.25, -0.2) is 0 Å². The maximum absolute atomic E-state index is 13.1. The number of halogens is 3. The van der Waals surface area contributed by atoms with Crippen molar-refractivity contribution < 1.29 is 27.4 Å². The van der Waals surface area contributed by atoms with Crippen molar-refractivity contribution in [3.63, 3.8) is 0 Å². The molecular formula is C25H18F3NO3S2. The molecule has 0 aliphatic carbocycles. The fourth-order valence-electron chi connectivity index (χ4n) is 3.16. The Morgan fingerprint density at radius 1 is 0.882 bits per heavy atom. The van der Waals surface area contributed by atoms with E-state index in [0.29, 0.717) is 23.9 Å². The zero-order chi connectivity index (χ0) is 24.1. The van der Waals surface area contributed by atoms with Crippen molar-refractivity contribution in [3.8, 4) is 11.5 Å². The third kappa shape index (κ3) is 5.78. The lowest BCUT2D eigenvalue weighted by atomic mass is 10.1. The van der Waals surface area contributed by atoms with Gasteiger partial charge in [0, 0.05) is 0 Å². The van der Waals surface area contributed by atoms with Gasteiger partial charge in [0.1, 0.15) is 24.7 Å². The number of nitrogens with zero attached hydrogens (tertiary/aromatic N) is 1. The molecule has 0 N–H and O–H groups in total. The fourth-order valence-corrected chi connectivity index (χ4v) is 4.46. The standard InChI is InChI=1S/C25H18F3NO3S2/c26-25(27,28)18-5-4-6-19(16-18)29-23(30)22(34-24(29)33)15-17-9-11-21(12-10-17)32-14-13-31-20-7-2-1-3-8-20/h1-12,15-16H,13-14H2/b22-15-. The number of hydrogen-bond donors (Lipinski definition) is 0. The second kappa shape index (κ2) is 10.3. The number of alkyl halides is 3. The number of para-hydroxylation sites is 1. The highest BCUT2D eigenvalue weighted by Gasteiger charge is 2.36. The van der Waals surface area contributed by atoms with Crippen molar-refractivity contribution in [2.45, 2.75) is 6.18 Å². The summed E-state index contributed by atoms with van der Waals surface area (Å²) < 4.78 is 50.6. The van der Waals surface area contributed by atoms with Gasteiger partial charge in [-0.2, -0.15) is 13.2 Å². The van der Waals surface area contributed by atoms with Gasteiger partial charge in [0.05, 0.1) is 16.2 Å². The van der Waals surface area contributed by atoms with Gasteiger partial charge in [-0.1, -0.05) is 60.4 Å². The third-order valence-corrected chi connectivity index (χ3v) is 6.07. The molecule has 3 aromatic carbocycles. The van der Waals surface area contributed by atoms with Gasteiger partial charge < -0.3 is 9.47 Å². The number of carbonyl (C=O) groups excluding carboxylic acids is 1. The van der Waals surface area contributed by atoms with Gasteiger partial charge in [-0.15, -0.1) is 0 Å². The molecule has 1 saturated heterocycles. The smallest absolute Gasteiger partial charge is 0.416 e. The lowest BCUT2D eigenvalue weighted by Gasteiger charge is -2.16. The lowest BCUT2D eigenvalue weighted by Crippen LogP contribution is -2.27. The first-order chi connectivity index (χ1) is 16.3. The first kappa shape index (κ1) is 23.8. The van der Waals surface area contributed by atoms with E-state index < -0.39 is 17.6 Å². The Hall–Kier alpha value is -3.30. The molecule has 34 heavy (non-hydrogen) atoms. The van der Waals surface area contributed by atoms with E-state index in [-0.39, 0.29) is 10.0 Å². The molecule has 1 aliphatic heterocycles. The molecule has 0 radical (unpaired) electrons. The zero-order valence-corrected chi connectivity index (χ0v) is 19.3. The molecular weight excluding hydrogens is 483 g/mol. The van der Waals surface area contributed by atoms with Crippen LogP contribution in [0.25, 0.3) is 6.08 Å². The van der Waals surface area contributed by atoms with Crippen molar-refractivity contribution in [2.75, 3.05) is 18.1 Å². The van der Waals surface area contributed by atoms with Crippen LogP contribution in [-0.4, -0.2) is 23.4 Å². The Kier molecular flexibility index (Phi) is 7.23. The van der Waals surface area contributed by atoms with Crippen molar-refractivity contribution in [1.29, 1.82) is 0 Å². The monoisotopic (exact) mass is 501 g/mol. The molecule has 0 aromatic heterocycles. The van der Waals surface area contributed by atoms with Crippen molar-refractivity contribution in [3.05, 3.63) is 94.9 Å². The maximum Gasteiger partial charge on any atom is 0.416 e.